The van der Waals surface area contributed by atoms with Crippen LogP contribution in [0.15, 0.2) is 54.7 Å². The first-order chi connectivity index (χ1) is 15.6. The summed E-state index contributed by atoms with van der Waals surface area (Å²) in [7, 11) is 0. The lowest BCUT2D eigenvalue weighted by Crippen LogP contribution is -2.48. The molecule has 32 heavy (non-hydrogen) atoms. The smallest absolute Gasteiger partial charge is 0.228 e. The van der Waals surface area contributed by atoms with E-state index in [1.165, 1.54) is 30.0 Å². The zero-order chi connectivity index (χ0) is 21.7. The second kappa shape index (κ2) is 7.68. The number of hydrogen-bond acceptors (Lipinski definition) is 2. The second-order valence-corrected chi connectivity index (χ2v) is 10.2. The van der Waals surface area contributed by atoms with Gasteiger partial charge in [-0.25, -0.2) is 4.39 Å². The molecule has 1 amide bonds. The van der Waals surface area contributed by atoms with Gasteiger partial charge in [-0.05, 0) is 116 Å². The Kier molecular flexibility index (Phi) is 4.78. The molecule has 1 N–H and O–H groups in total. The van der Waals surface area contributed by atoms with Crippen LogP contribution in [0.2, 0.25) is 0 Å². The van der Waals surface area contributed by atoms with Crippen LogP contribution in [0.4, 0.5) is 10.1 Å². The lowest BCUT2D eigenvalue weighted by Gasteiger charge is -2.52. The molecule has 1 heterocycles. The fraction of sp³-hybridized carbons (Fsp3) is 0.429. The van der Waals surface area contributed by atoms with Crippen molar-refractivity contribution in [2.24, 2.45) is 11.3 Å². The third-order valence-corrected chi connectivity index (χ3v) is 8.37. The van der Waals surface area contributed by atoms with Crippen molar-refractivity contribution in [2.75, 3.05) is 5.32 Å². The molecule has 3 aliphatic carbocycles. The summed E-state index contributed by atoms with van der Waals surface area (Å²) in [4.78, 5) is 17.5. The van der Waals surface area contributed by atoms with E-state index in [1.807, 2.05) is 6.20 Å². The number of anilines is 1. The Morgan fingerprint density at radius 3 is 2.34 bits per heavy atom. The van der Waals surface area contributed by atoms with Gasteiger partial charge in [0, 0.05) is 23.2 Å². The first-order valence-corrected chi connectivity index (χ1v) is 12.1. The number of fused-ring (bicyclic) bond motifs is 1. The van der Waals surface area contributed by atoms with Crippen molar-refractivity contribution in [2.45, 2.75) is 63.2 Å². The van der Waals surface area contributed by atoms with Crippen LogP contribution >= 0.6 is 0 Å². The van der Waals surface area contributed by atoms with Gasteiger partial charge < -0.3 is 5.32 Å². The van der Waals surface area contributed by atoms with Gasteiger partial charge in [-0.2, -0.15) is 0 Å². The minimum atomic E-state index is -0.208. The maximum Gasteiger partial charge on any atom is 0.228 e. The summed E-state index contributed by atoms with van der Waals surface area (Å²) in [5, 5.41) is 4.12. The summed E-state index contributed by atoms with van der Waals surface area (Å²) in [6, 6.07) is 15.4. The van der Waals surface area contributed by atoms with E-state index in [1.54, 1.807) is 12.1 Å². The number of aromatic nitrogens is 1. The van der Waals surface area contributed by atoms with Crippen LogP contribution < -0.4 is 5.32 Å². The van der Waals surface area contributed by atoms with Gasteiger partial charge >= 0.3 is 0 Å². The van der Waals surface area contributed by atoms with Crippen molar-refractivity contribution in [3.8, 4) is 0 Å². The number of nitrogens with one attached hydrogen (secondary N) is 1. The summed E-state index contributed by atoms with van der Waals surface area (Å²) >= 11 is 0. The molecular formula is C28H29FN2O. The number of carbonyl (C=O) groups excluding carboxylic acids is 1. The molecule has 0 bridgehead atoms. The van der Waals surface area contributed by atoms with Crippen molar-refractivity contribution < 1.29 is 9.18 Å². The predicted octanol–water partition coefficient (Wildman–Crippen LogP) is 6.94. The number of amides is 1. The molecule has 4 heteroatoms. The van der Waals surface area contributed by atoms with Crippen LogP contribution in [0.1, 0.15) is 74.3 Å². The summed E-state index contributed by atoms with van der Waals surface area (Å²) in [6.45, 7) is 0. The zero-order valence-corrected chi connectivity index (χ0v) is 18.3. The maximum atomic E-state index is 13.9. The van der Waals surface area contributed by atoms with Crippen LogP contribution in [0, 0.1) is 17.2 Å². The Labute approximate surface area is 188 Å². The Morgan fingerprint density at radius 1 is 0.906 bits per heavy atom. The van der Waals surface area contributed by atoms with E-state index in [9.17, 15) is 9.18 Å². The molecule has 3 aliphatic rings. The summed E-state index contributed by atoms with van der Waals surface area (Å²) in [6.07, 6.45) is 10.8. The highest BCUT2D eigenvalue weighted by Gasteiger charge is 2.51. The zero-order valence-electron chi connectivity index (χ0n) is 18.3. The van der Waals surface area contributed by atoms with E-state index in [2.05, 4.69) is 40.6 Å². The van der Waals surface area contributed by atoms with Crippen molar-refractivity contribution in [1.82, 2.24) is 4.98 Å². The normalized spacial score (nSPS) is 27.3. The largest absolute Gasteiger partial charge is 0.326 e. The van der Waals surface area contributed by atoms with Crippen LogP contribution in [0.25, 0.3) is 10.9 Å². The molecule has 0 aliphatic heterocycles. The number of rotatable bonds is 4. The summed E-state index contributed by atoms with van der Waals surface area (Å²) in [5.74, 6) is 1.23. The highest BCUT2D eigenvalue weighted by Crippen LogP contribution is 2.58. The number of nitrogens with zero attached hydrogens (tertiary/aromatic N) is 1. The second-order valence-electron chi connectivity index (χ2n) is 10.2. The average Bonchev–Trinajstić information content (AvgIpc) is 3.64. The van der Waals surface area contributed by atoms with Crippen molar-refractivity contribution in [1.29, 1.82) is 0 Å². The molecule has 1 aromatic heterocycles. The molecule has 2 aromatic carbocycles. The first-order valence-electron chi connectivity index (χ1n) is 12.1. The highest BCUT2D eigenvalue weighted by molar-refractivity contribution is 5.93. The number of carbonyl (C=O) groups is 1. The topological polar surface area (TPSA) is 42.0 Å². The summed E-state index contributed by atoms with van der Waals surface area (Å²) in [5.41, 5.74) is 4.52. The molecule has 0 unspecified atom stereocenters. The SMILES string of the molecule is O=C(Nc1ccc(C2CC2)cc1)[C@H]1CC[C@]12CC[C@H](c1ccnc3ccc(F)cc31)CC2. The molecule has 0 radical (unpaired) electrons. The number of halogens is 1. The predicted molar refractivity (Wildman–Crippen MR) is 125 cm³/mol. The Hall–Kier alpha value is -2.75. The van der Waals surface area contributed by atoms with Crippen LogP contribution in [0.3, 0.4) is 0 Å². The first kappa shape index (κ1) is 19.9. The molecule has 3 nitrogen and oxygen atoms in total. The molecule has 3 aromatic rings. The minimum absolute atomic E-state index is 0.109. The van der Waals surface area contributed by atoms with Gasteiger partial charge in [0.25, 0.3) is 0 Å². The van der Waals surface area contributed by atoms with Gasteiger partial charge in [0.05, 0.1) is 5.52 Å². The molecule has 6 rings (SSSR count). The highest BCUT2D eigenvalue weighted by atomic mass is 19.1. The molecule has 1 spiro atoms. The quantitative estimate of drug-likeness (QED) is 0.489. The molecule has 3 saturated carbocycles. The van der Waals surface area contributed by atoms with E-state index in [-0.39, 0.29) is 23.1 Å². The van der Waals surface area contributed by atoms with Gasteiger partial charge in [-0.1, -0.05) is 12.1 Å². The molecular weight excluding hydrogens is 399 g/mol. The third-order valence-electron chi connectivity index (χ3n) is 8.37. The standard InChI is InChI=1S/C28H29FN2O/c29-21-5-8-26-24(17-21)23(12-16-30-26)20-9-13-28(14-10-20)15-11-25(28)27(32)31-22-6-3-19(4-7-22)18-1-2-18/h3-8,12,16-18,20,25H,1-2,9-11,13-15H2,(H,31,32)/t20-,25-,28+/m1/s1. The molecule has 1 atom stereocenters. The molecule has 3 fully saturated rings. The summed E-state index contributed by atoms with van der Waals surface area (Å²) < 4.78 is 13.9. The lowest BCUT2D eigenvalue weighted by atomic mass is 9.52. The number of benzene rings is 2. The Bertz CT molecular complexity index is 1160. The van der Waals surface area contributed by atoms with Crippen LogP contribution in [-0.2, 0) is 4.79 Å². The van der Waals surface area contributed by atoms with E-state index >= 15 is 0 Å². The van der Waals surface area contributed by atoms with Gasteiger partial charge in [0.1, 0.15) is 5.82 Å². The van der Waals surface area contributed by atoms with Crippen molar-refractivity contribution in [3.05, 3.63) is 71.7 Å². The molecule has 164 valence electrons. The van der Waals surface area contributed by atoms with Crippen LogP contribution in [0.5, 0.6) is 0 Å². The Morgan fingerprint density at radius 2 is 1.66 bits per heavy atom. The van der Waals surface area contributed by atoms with E-state index in [0.717, 1.165) is 61.0 Å². The van der Waals surface area contributed by atoms with Gasteiger partial charge in [0.2, 0.25) is 5.91 Å². The van der Waals surface area contributed by atoms with Crippen LogP contribution in [-0.4, -0.2) is 10.9 Å². The minimum Gasteiger partial charge on any atom is -0.326 e. The lowest BCUT2D eigenvalue weighted by molar-refractivity contribution is -0.133. The number of pyridine rings is 1. The third kappa shape index (κ3) is 3.50. The monoisotopic (exact) mass is 428 g/mol. The van der Waals surface area contributed by atoms with Crippen molar-refractivity contribution >= 4 is 22.5 Å². The molecule has 0 saturated heterocycles. The maximum absolute atomic E-state index is 13.9. The van der Waals surface area contributed by atoms with E-state index < -0.39 is 0 Å². The van der Waals surface area contributed by atoms with Gasteiger partial charge in [-0.15, -0.1) is 0 Å². The fourth-order valence-electron chi connectivity index (χ4n) is 6.19. The fourth-order valence-corrected chi connectivity index (χ4v) is 6.19. The Balaban J connectivity index is 1.13. The van der Waals surface area contributed by atoms with Gasteiger partial charge in [0.15, 0.2) is 0 Å². The number of hydrogen-bond donors (Lipinski definition) is 1. The van der Waals surface area contributed by atoms with Crippen molar-refractivity contribution in [3.63, 3.8) is 0 Å². The average molecular weight is 429 g/mol. The van der Waals surface area contributed by atoms with E-state index in [0.29, 0.717) is 5.92 Å². The van der Waals surface area contributed by atoms with Gasteiger partial charge in [-0.3, -0.25) is 9.78 Å². The van der Waals surface area contributed by atoms with E-state index in [4.69, 9.17) is 0 Å².